The summed E-state index contributed by atoms with van der Waals surface area (Å²) in [5.41, 5.74) is 3.55. The van der Waals surface area contributed by atoms with Crippen molar-refractivity contribution in [2.75, 3.05) is 36.0 Å². The first-order valence-electron chi connectivity index (χ1n) is 9.06. The Hall–Kier alpha value is -3.15. The molecule has 2 aromatic rings. The highest BCUT2D eigenvalue weighted by Crippen LogP contribution is 2.32. The van der Waals surface area contributed by atoms with Crippen LogP contribution in [0.15, 0.2) is 42.5 Å². The summed E-state index contributed by atoms with van der Waals surface area (Å²) in [4.78, 5) is 42.1. The highest BCUT2D eigenvalue weighted by molar-refractivity contribution is 6.34. The van der Waals surface area contributed by atoms with Gasteiger partial charge in [0.15, 0.2) is 0 Å². The minimum atomic E-state index is -0.280. The molecule has 2 aromatic carbocycles. The standard InChI is InChI=1S/C21H21N3O3/c1-14-13-16(24-20(26)17-5-3-4-6-18(17)21(24)27)7-8-19(14)23-11-9-22(10-12-23)15(2)25/h3-8,13H,9-12H2,1-2H3. The molecule has 1 saturated heterocycles. The molecule has 2 aliphatic heterocycles. The fraction of sp³-hybridized carbons (Fsp3) is 0.286. The van der Waals surface area contributed by atoms with Gasteiger partial charge in [-0.15, -0.1) is 0 Å². The second-order valence-corrected chi connectivity index (χ2v) is 6.96. The van der Waals surface area contributed by atoms with Gasteiger partial charge in [-0.25, -0.2) is 4.90 Å². The van der Waals surface area contributed by atoms with Crippen LogP contribution in [-0.4, -0.2) is 48.8 Å². The first kappa shape index (κ1) is 17.3. The molecule has 0 unspecified atom stereocenters. The molecule has 0 aliphatic carbocycles. The van der Waals surface area contributed by atoms with Crippen molar-refractivity contribution in [3.63, 3.8) is 0 Å². The van der Waals surface area contributed by atoms with Crippen molar-refractivity contribution in [2.45, 2.75) is 13.8 Å². The van der Waals surface area contributed by atoms with E-state index < -0.39 is 0 Å². The van der Waals surface area contributed by atoms with E-state index in [1.54, 1.807) is 31.2 Å². The van der Waals surface area contributed by atoms with Crippen LogP contribution < -0.4 is 9.80 Å². The van der Waals surface area contributed by atoms with Crippen molar-refractivity contribution in [2.24, 2.45) is 0 Å². The van der Waals surface area contributed by atoms with E-state index in [1.807, 2.05) is 30.0 Å². The van der Waals surface area contributed by atoms with Gasteiger partial charge in [0, 0.05) is 38.8 Å². The van der Waals surface area contributed by atoms with Crippen LogP contribution in [0, 0.1) is 6.92 Å². The Bertz CT molecular complexity index is 910. The molecule has 0 saturated carbocycles. The maximum atomic E-state index is 12.7. The summed E-state index contributed by atoms with van der Waals surface area (Å²) in [5, 5.41) is 0. The molecule has 3 amide bonds. The number of anilines is 2. The first-order chi connectivity index (χ1) is 13.0. The van der Waals surface area contributed by atoms with Gasteiger partial charge in [-0.05, 0) is 42.8 Å². The highest BCUT2D eigenvalue weighted by Gasteiger charge is 2.36. The van der Waals surface area contributed by atoms with E-state index in [1.165, 1.54) is 4.90 Å². The Labute approximate surface area is 158 Å². The van der Waals surface area contributed by atoms with Crippen LogP contribution in [-0.2, 0) is 4.79 Å². The monoisotopic (exact) mass is 363 g/mol. The molecule has 0 atom stereocenters. The fourth-order valence-corrected chi connectivity index (χ4v) is 3.82. The second kappa shape index (κ2) is 6.54. The topological polar surface area (TPSA) is 60.9 Å². The predicted octanol–water partition coefficient (Wildman–Crippen LogP) is 2.46. The van der Waals surface area contributed by atoms with E-state index in [4.69, 9.17) is 0 Å². The number of fused-ring (bicyclic) bond motifs is 1. The molecule has 138 valence electrons. The van der Waals surface area contributed by atoms with E-state index in [0.29, 0.717) is 29.9 Å². The second-order valence-electron chi connectivity index (χ2n) is 6.96. The summed E-state index contributed by atoms with van der Waals surface area (Å²) in [6.45, 7) is 6.52. The zero-order valence-corrected chi connectivity index (χ0v) is 15.4. The SMILES string of the molecule is CC(=O)N1CCN(c2ccc(N3C(=O)c4ccccc4C3=O)cc2C)CC1. The van der Waals surface area contributed by atoms with Gasteiger partial charge in [0.05, 0.1) is 16.8 Å². The molecule has 0 spiro atoms. The van der Waals surface area contributed by atoms with E-state index >= 15 is 0 Å². The normalized spacial score (nSPS) is 16.7. The van der Waals surface area contributed by atoms with Crippen LogP contribution in [0.1, 0.15) is 33.2 Å². The van der Waals surface area contributed by atoms with Gasteiger partial charge >= 0.3 is 0 Å². The van der Waals surface area contributed by atoms with Crippen LogP contribution in [0.25, 0.3) is 0 Å². The van der Waals surface area contributed by atoms with Crippen LogP contribution in [0.5, 0.6) is 0 Å². The van der Waals surface area contributed by atoms with E-state index in [9.17, 15) is 14.4 Å². The molecule has 0 aromatic heterocycles. The predicted molar refractivity (Wildman–Crippen MR) is 103 cm³/mol. The van der Waals surface area contributed by atoms with Crippen molar-refractivity contribution in [3.8, 4) is 0 Å². The van der Waals surface area contributed by atoms with Crippen LogP contribution in [0.3, 0.4) is 0 Å². The van der Waals surface area contributed by atoms with Crippen molar-refractivity contribution in [3.05, 3.63) is 59.2 Å². The van der Waals surface area contributed by atoms with Gasteiger partial charge in [0.2, 0.25) is 5.91 Å². The lowest BCUT2D eigenvalue weighted by molar-refractivity contribution is -0.129. The number of carbonyl (C=O) groups is 3. The molecule has 6 nitrogen and oxygen atoms in total. The Balaban J connectivity index is 1.58. The largest absolute Gasteiger partial charge is 0.368 e. The van der Waals surface area contributed by atoms with Crippen molar-refractivity contribution in [1.29, 1.82) is 0 Å². The van der Waals surface area contributed by atoms with E-state index in [0.717, 1.165) is 24.3 Å². The number of carbonyl (C=O) groups excluding carboxylic acids is 3. The molecule has 6 heteroatoms. The molecule has 27 heavy (non-hydrogen) atoms. The average Bonchev–Trinajstić information content (AvgIpc) is 2.93. The number of benzene rings is 2. The molecule has 4 rings (SSSR count). The third kappa shape index (κ3) is 2.87. The number of rotatable bonds is 2. The number of hydrogen-bond acceptors (Lipinski definition) is 4. The maximum absolute atomic E-state index is 12.7. The summed E-state index contributed by atoms with van der Waals surface area (Å²) in [5.74, 6) is -0.456. The molecular formula is C21H21N3O3. The summed E-state index contributed by atoms with van der Waals surface area (Å²) in [6, 6.07) is 12.6. The molecular weight excluding hydrogens is 342 g/mol. The number of amides is 3. The number of nitrogens with zero attached hydrogens (tertiary/aromatic N) is 3. The average molecular weight is 363 g/mol. The van der Waals surface area contributed by atoms with Gasteiger partial charge < -0.3 is 9.80 Å². The minimum absolute atomic E-state index is 0.104. The van der Waals surface area contributed by atoms with Gasteiger partial charge in [0.1, 0.15) is 0 Å². The van der Waals surface area contributed by atoms with E-state index in [2.05, 4.69) is 4.90 Å². The number of aryl methyl sites for hydroxylation is 1. The highest BCUT2D eigenvalue weighted by atomic mass is 16.2. The van der Waals surface area contributed by atoms with Gasteiger partial charge in [-0.3, -0.25) is 14.4 Å². The summed E-state index contributed by atoms with van der Waals surface area (Å²) in [6.07, 6.45) is 0. The summed E-state index contributed by atoms with van der Waals surface area (Å²) < 4.78 is 0. The first-order valence-corrected chi connectivity index (χ1v) is 9.06. The molecule has 1 fully saturated rings. The van der Waals surface area contributed by atoms with Gasteiger partial charge in [0.25, 0.3) is 11.8 Å². The Morgan fingerprint density at radius 2 is 1.48 bits per heavy atom. The van der Waals surface area contributed by atoms with E-state index in [-0.39, 0.29) is 17.7 Å². The third-order valence-electron chi connectivity index (χ3n) is 5.30. The molecule has 2 heterocycles. The third-order valence-corrected chi connectivity index (χ3v) is 5.30. The summed E-state index contributed by atoms with van der Waals surface area (Å²) in [7, 11) is 0. The number of imide groups is 1. The Morgan fingerprint density at radius 1 is 0.889 bits per heavy atom. The zero-order valence-electron chi connectivity index (χ0n) is 15.4. The molecule has 0 N–H and O–H groups in total. The molecule has 0 radical (unpaired) electrons. The quantitative estimate of drug-likeness (QED) is 0.769. The lowest BCUT2D eigenvalue weighted by Crippen LogP contribution is -2.48. The lowest BCUT2D eigenvalue weighted by Gasteiger charge is -2.36. The molecule has 2 aliphatic rings. The van der Waals surface area contributed by atoms with Gasteiger partial charge in [-0.1, -0.05) is 12.1 Å². The van der Waals surface area contributed by atoms with Crippen molar-refractivity contribution >= 4 is 29.1 Å². The number of hydrogen-bond donors (Lipinski definition) is 0. The summed E-state index contributed by atoms with van der Waals surface area (Å²) >= 11 is 0. The number of piperazine rings is 1. The minimum Gasteiger partial charge on any atom is -0.368 e. The van der Waals surface area contributed by atoms with Crippen LogP contribution in [0.4, 0.5) is 11.4 Å². The Morgan fingerprint density at radius 3 is 2.00 bits per heavy atom. The lowest BCUT2D eigenvalue weighted by atomic mass is 10.1. The van der Waals surface area contributed by atoms with Crippen LogP contribution >= 0.6 is 0 Å². The maximum Gasteiger partial charge on any atom is 0.266 e. The Kier molecular flexibility index (Phi) is 4.18. The molecule has 0 bridgehead atoms. The smallest absolute Gasteiger partial charge is 0.266 e. The van der Waals surface area contributed by atoms with Crippen molar-refractivity contribution in [1.82, 2.24) is 4.90 Å². The van der Waals surface area contributed by atoms with Crippen molar-refractivity contribution < 1.29 is 14.4 Å². The zero-order chi connectivity index (χ0) is 19.1. The van der Waals surface area contributed by atoms with Crippen LogP contribution in [0.2, 0.25) is 0 Å². The fourth-order valence-electron chi connectivity index (χ4n) is 3.82. The van der Waals surface area contributed by atoms with Gasteiger partial charge in [-0.2, -0.15) is 0 Å².